The van der Waals surface area contributed by atoms with Crippen molar-refractivity contribution < 1.29 is 9.59 Å². The average Bonchev–Trinajstić information content (AvgIpc) is 3.02. The number of anilines is 1. The highest BCUT2D eigenvalue weighted by molar-refractivity contribution is 6.01. The van der Waals surface area contributed by atoms with E-state index >= 15 is 0 Å². The lowest BCUT2D eigenvalue weighted by atomic mass is 10.1. The van der Waals surface area contributed by atoms with Crippen LogP contribution in [0.15, 0.2) is 36.4 Å². The van der Waals surface area contributed by atoms with Crippen molar-refractivity contribution in [3.8, 4) is 0 Å². The maximum atomic E-state index is 12.7. The van der Waals surface area contributed by atoms with E-state index in [0.717, 1.165) is 38.8 Å². The Morgan fingerprint density at radius 2 is 1.78 bits per heavy atom. The van der Waals surface area contributed by atoms with Gasteiger partial charge in [-0.1, -0.05) is 18.2 Å². The number of nitrogens with one attached hydrogen (secondary N) is 2. The number of carbonyl (C=O) groups is 2. The van der Waals surface area contributed by atoms with Crippen molar-refractivity contribution in [1.82, 2.24) is 9.88 Å². The van der Waals surface area contributed by atoms with Crippen LogP contribution in [0.25, 0.3) is 10.9 Å². The minimum absolute atomic E-state index is 0.0143. The van der Waals surface area contributed by atoms with Gasteiger partial charge in [-0.3, -0.25) is 9.59 Å². The molecule has 3 aromatic rings. The molecule has 1 heterocycles. The topological polar surface area (TPSA) is 65.2 Å². The summed E-state index contributed by atoms with van der Waals surface area (Å²) in [7, 11) is 1.63. The number of amides is 2. The molecule has 0 fully saturated rings. The number of hydrogen-bond donors (Lipinski definition) is 2. The molecule has 3 rings (SSSR count). The molecule has 0 atom stereocenters. The third kappa shape index (κ3) is 3.87. The van der Waals surface area contributed by atoms with Gasteiger partial charge < -0.3 is 15.2 Å². The van der Waals surface area contributed by atoms with Gasteiger partial charge in [0.1, 0.15) is 5.69 Å². The van der Waals surface area contributed by atoms with E-state index in [1.165, 1.54) is 4.90 Å². The minimum atomic E-state index is -0.220. The predicted molar refractivity (Wildman–Crippen MR) is 109 cm³/mol. The number of benzene rings is 2. The Balaban J connectivity index is 1.73. The third-order valence-electron chi connectivity index (χ3n) is 4.93. The van der Waals surface area contributed by atoms with E-state index in [0.29, 0.717) is 5.69 Å². The molecule has 2 N–H and O–H groups in total. The molecule has 1 aromatic heterocycles. The van der Waals surface area contributed by atoms with Crippen molar-refractivity contribution in [1.29, 1.82) is 0 Å². The third-order valence-corrected chi connectivity index (χ3v) is 4.93. The number of nitrogens with zero attached hydrogens (tertiary/aromatic N) is 1. The van der Waals surface area contributed by atoms with E-state index in [2.05, 4.69) is 16.4 Å². The van der Waals surface area contributed by atoms with Crippen LogP contribution in [-0.2, 0) is 4.79 Å². The Kier molecular flexibility index (Phi) is 5.04. The first-order valence-electron chi connectivity index (χ1n) is 8.97. The summed E-state index contributed by atoms with van der Waals surface area (Å²) in [6, 6.07) is 11.7. The molecule has 0 radical (unpaired) electrons. The minimum Gasteiger partial charge on any atom is -0.351 e. The van der Waals surface area contributed by atoms with Crippen LogP contribution in [0.2, 0.25) is 0 Å². The summed E-state index contributed by atoms with van der Waals surface area (Å²) in [5.74, 6) is -0.429. The van der Waals surface area contributed by atoms with Gasteiger partial charge in [0.05, 0.1) is 6.54 Å². The molecule has 2 aromatic carbocycles. The van der Waals surface area contributed by atoms with Gasteiger partial charge in [-0.2, -0.15) is 0 Å². The number of likely N-dealkylation sites (N-methyl/N-ethyl adjacent to an activating group) is 1. The van der Waals surface area contributed by atoms with E-state index in [9.17, 15) is 9.59 Å². The lowest BCUT2D eigenvalue weighted by Crippen LogP contribution is -2.35. The molecule has 0 unspecified atom stereocenters. The Labute approximate surface area is 159 Å². The van der Waals surface area contributed by atoms with E-state index < -0.39 is 0 Å². The zero-order valence-electron chi connectivity index (χ0n) is 16.4. The van der Waals surface area contributed by atoms with Crippen molar-refractivity contribution in [2.45, 2.75) is 27.7 Å². The van der Waals surface area contributed by atoms with E-state index in [4.69, 9.17) is 0 Å². The largest absolute Gasteiger partial charge is 0.351 e. The second-order valence-corrected chi connectivity index (χ2v) is 7.18. The second-order valence-electron chi connectivity index (χ2n) is 7.18. The van der Waals surface area contributed by atoms with Gasteiger partial charge in [-0.25, -0.2) is 0 Å². The molecule has 140 valence electrons. The first kappa shape index (κ1) is 18.7. The van der Waals surface area contributed by atoms with Gasteiger partial charge in [0.2, 0.25) is 5.91 Å². The molecule has 27 heavy (non-hydrogen) atoms. The molecule has 2 amide bonds. The molecule has 0 aliphatic heterocycles. The summed E-state index contributed by atoms with van der Waals surface area (Å²) in [5.41, 5.74) is 6.60. The zero-order valence-corrected chi connectivity index (χ0v) is 16.4. The first-order chi connectivity index (χ1) is 12.8. The SMILES string of the molecule is Cc1cc(C)c2cc(C(=O)N(C)CC(=O)Nc3cccc(C)c3C)[nH]c2c1. The van der Waals surface area contributed by atoms with Gasteiger partial charge in [-0.15, -0.1) is 0 Å². The van der Waals surface area contributed by atoms with Gasteiger partial charge in [0, 0.05) is 23.6 Å². The number of rotatable bonds is 4. The predicted octanol–water partition coefficient (Wildman–Crippen LogP) is 4.11. The lowest BCUT2D eigenvalue weighted by molar-refractivity contribution is -0.116. The molecule has 5 nitrogen and oxygen atoms in total. The Morgan fingerprint density at radius 3 is 2.52 bits per heavy atom. The standard InChI is InChI=1S/C22H25N3O2/c1-13-9-15(3)17-11-20(23-19(17)10-13)22(27)25(5)12-21(26)24-18-8-6-7-14(2)16(18)4/h6-11,23H,12H2,1-5H3,(H,24,26). The molecule has 5 heteroatoms. The normalized spacial score (nSPS) is 10.9. The second kappa shape index (κ2) is 7.27. The molecule has 0 aliphatic rings. The fraction of sp³-hybridized carbons (Fsp3) is 0.273. The maximum absolute atomic E-state index is 12.7. The van der Waals surface area contributed by atoms with Gasteiger partial charge >= 0.3 is 0 Å². The highest BCUT2D eigenvalue weighted by atomic mass is 16.2. The monoisotopic (exact) mass is 363 g/mol. The summed E-state index contributed by atoms with van der Waals surface area (Å²) in [5, 5.41) is 3.91. The van der Waals surface area contributed by atoms with Crippen molar-refractivity contribution in [3.05, 3.63) is 64.3 Å². The van der Waals surface area contributed by atoms with E-state index in [1.807, 2.05) is 58.0 Å². The summed E-state index contributed by atoms with van der Waals surface area (Å²) in [6.45, 7) is 8.01. The quantitative estimate of drug-likeness (QED) is 0.732. The van der Waals surface area contributed by atoms with Gasteiger partial charge in [0.15, 0.2) is 0 Å². The Morgan fingerprint density at radius 1 is 1.04 bits per heavy atom. The number of fused-ring (bicyclic) bond motifs is 1. The number of aryl methyl sites for hydroxylation is 3. The number of H-pyrrole nitrogens is 1. The summed E-state index contributed by atoms with van der Waals surface area (Å²) >= 11 is 0. The number of aromatic nitrogens is 1. The highest BCUT2D eigenvalue weighted by Gasteiger charge is 2.18. The maximum Gasteiger partial charge on any atom is 0.270 e. The number of hydrogen-bond acceptors (Lipinski definition) is 2. The molecule has 0 aliphatic carbocycles. The first-order valence-corrected chi connectivity index (χ1v) is 8.97. The molecule has 0 saturated heterocycles. The molecular formula is C22H25N3O2. The van der Waals surface area contributed by atoms with Crippen molar-refractivity contribution in [2.75, 3.05) is 18.9 Å². The van der Waals surface area contributed by atoms with Crippen LogP contribution < -0.4 is 5.32 Å². The number of aromatic amines is 1. The highest BCUT2D eigenvalue weighted by Crippen LogP contribution is 2.22. The van der Waals surface area contributed by atoms with Gasteiger partial charge in [-0.05, 0) is 68.1 Å². The van der Waals surface area contributed by atoms with Crippen LogP contribution in [0.3, 0.4) is 0 Å². The van der Waals surface area contributed by atoms with Crippen LogP contribution in [0.5, 0.6) is 0 Å². The summed E-state index contributed by atoms with van der Waals surface area (Å²) in [4.78, 5) is 29.7. The van der Waals surface area contributed by atoms with Crippen molar-refractivity contribution in [2.24, 2.45) is 0 Å². The molecule has 0 bridgehead atoms. The van der Waals surface area contributed by atoms with Crippen LogP contribution in [0, 0.1) is 27.7 Å². The van der Waals surface area contributed by atoms with Crippen molar-refractivity contribution >= 4 is 28.4 Å². The van der Waals surface area contributed by atoms with E-state index in [1.54, 1.807) is 7.05 Å². The average molecular weight is 363 g/mol. The molecule has 0 spiro atoms. The summed E-state index contributed by atoms with van der Waals surface area (Å²) in [6.07, 6.45) is 0. The zero-order chi connectivity index (χ0) is 19.7. The van der Waals surface area contributed by atoms with Gasteiger partial charge in [0.25, 0.3) is 5.91 Å². The lowest BCUT2D eigenvalue weighted by Gasteiger charge is -2.17. The Hall–Kier alpha value is -3.08. The Bertz CT molecular complexity index is 1030. The fourth-order valence-corrected chi connectivity index (χ4v) is 3.28. The molecular weight excluding hydrogens is 338 g/mol. The fourth-order valence-electron chi connectivity index (χ4n) is 3.28. The van der Waals surface area contributed by atoms with Crippen LogP contribution in [0.4, 0.5) is 5.69 Å². The van der Waals surface area contributed by atoms with Crippen LogP contribution in [0.1, 0.15) is 32.7 Å². The van der Waals surface area contributed by atoms with Crippen molar-refractivity contribution in [3.63, 3.8) is 0 Å². The van der Waals surface area contributed by atoms with Crippen LogP contribution >= 0.6 is 0 Å². The number of carbonyl (C=O) groups excluding carboxylic acids is 2. The summed E-state index contributed by atoms with van der Waals surface area (Å²) < 4.78 is 0. The van der Waals surface area contributed by atoms with E-state index in [-0.39, 0.29) is 18.4 Å². The molecule has 0 saturated carbocycles. The van der Waals surface area contributed by atoms with Crippen LogP contribution in [-0.4, -0.2) is 35.3 Å². The smallest absolute Gasteiger partial charge is 0.270 e.